The van der Waals surface area contributed by atoms with Gasteiger partial charge < -0.3 is 15.1 Å². The lowest BCUT2D eigenvalue weighted by molar-refractivity contribution is -0.598. The van der Waals surface area contributed by atoms with E-state index in [-0.39, 0.29) is 17.3 Å². The molecule has 8 heteroatoms. The maximum atomic E-state index is 12.6. The molecule has 0 atom stereocenters. The number of phenols is 1. The van der Waals surface area contributed by atoms with Crippen molar-refractivity contribution >= 4 is 17.8 Å². The summed E-state index contributed by atoms with van der Waals surface area (Å²) in [7, 11) is 1.46. The lowest BCUT2D eigenvalue weighted by Crippen LogP contribution is -2.33. The van der Waals surface area contributed by atoms with Crippen molar-refractivity contribution in [2.24, 2.45) is 0 Å². The molecule has 2 aromatic carbocycles. The summed E-state index contributed by atoms with van der Waals surface area (Å²) < 4.78 is 5.58. The minimum absolute atomic E-state index is 0.0123. The predicted molar refractivity (Wildman–Crippen MR) is 98.9 cm³/mol. The predicted octanol–water partition coefficient (Wildman–Crippen LogP) is 3.17. The number of nitrogens with zero attached hydrogens (tertiary/aromatic N) is 3. The fourth-order valence-corrected chi connectivity index (χ4v) is 2.49. The fourth-order valence-electron chi connectivity index (χ4n) is 2.49. The van der Waals surface area contributed by atoms with Gasteiger partial charge in [-0.05, 0) is 34.8 Å². The smallest absolute Gasteiger partial charge is 0.333 e. The Hall–Kier alpha value is -3.94. The summed E-state index contributed by atoms with van der Waals surface area (Å²) in [5.74, 6) is 0.392. The molecular formula is C19H15N3O5. The van der Waals surface area contributed by atoms with E-state index in [2.05, 4.69) is 4.98 Å². The average Bonchev–Trinajstić information content (AvgIpc) is 2.67. The Labute approximate surface area is 154 Å². The van der Waals surface area contributed by atoms with Gasteiger partial charge in [-0.2, -0.15) is 0 Å². The Morgan fingerprint density at radius 2 is 2.00 bits per heavy atom. The molecular weight excluding hydrogens is 350 g/mol. The number of nitro groups is 1. The average molecular weight is 365 g/mol. The van der Waals surface area contributed by atoms with E-state index in [9.17, 15) is 20.4 Å². The maximum absolute atomic E-state index is 12.6. The van der Waals surface area contributed by atoms with E-state index >= 15 is 0 Å². The first-order valence-electron chi connectivity index (χ1n) is 7.88. The van der Waals surface area contributed by atoms with Crippen LogP contribution in [0, 0.1) is 15.3 Å². The molecule has 1 N–H and O–H groups in total. The van der Waals surface area contributed by atoms with Gasteiger partial charge >= 0.3 is 5.82 Å². The molecule has 1 aromatic heterocycles. The van der Waals surface area contributed by atoms with Crippen LogP contribution in [0.15, 0.2) is 54.7 Å². The number of nitro benzene ring substituents is 1. The van der Waals surface area contributed by atoms with Crippen LogP contribution in [0.4, 0.5) is 5.69 Å². The van der Waals surface area contributed by atoms with Crippen molar-refractivity contribution in [2.75, 3.05) is 7.11 Å². The number of methoxy groups -OCH3 is 1. The first-order valence-corrected chi connectivity index (χ1v) is 7.88. The normalized spacial score (nSPS) is 10.9. The van der Waals surface area contributed by atoms with Gasteiger partial charge in [0.15, 0.2) is 11.5 Å². The van der Waals surface area contributed by atoms with Crippen molar-refractivity contribution in [1.29, 1.82) is 0 Å². The summed E-state index contributed by atoms with van der Waals surface area (Å²) >= 11 is 0. The minimum atomic E-state index is -0.529. The standard InChI is InChI=1S/C19H15N3O5/c1-27-18-8-6-13(11-17(18)23)5-7-15-9-10-20-19(21(15)24)14-3-2-4-16(12-14)22(25)26/h2-12,23H,1H3/b7-5+. The van der Waals surface area contributed by atoms with Crippen molar-refractivity contribution in [1.82, 2.24) is 4.98 Å². The molecule has 0 unspecified atom stereocenters. The van der Waals surface area contributed by atoms with Crippen molar-refractivity contribution in [3.8, 4) is 22.9 Å². The van der Waals surface area contributed by atoms with Gasteiger partial charge in [0.05, 0.1) is 17.6 Å². The molecule has 27 heavy (non-hydrogen) atoms. The third-order valence-corrected chi connectivity index (χ3v) is 3.83. The summed E-state index contributed by atoms with van der Waals surface area (Å²) in [5.41, 5.74) is 1.18. The molecule has 136 valence electrons. The molecule has 0 saturated carbocycles. The molecule has 0 spiro atoms. The van der Waals surface area contributed by atoms with Crippen LogP contribution in [0.5, 0.6) is 11.5 Å². The van der Waals surface area contributed by atoms with Gasteiger partial charge in [0, 0.05) is 18.2 Å². The zero-order valence-electron chi connectivity index (χ0n) is 14.3. The van der Waals surface area contributed by atoms with Gasteiger partial charge in [0.25, 0.3) is 5.69 Å². The van der Waals surface area contributed by atoms with Crippen LogP contribution < -0.4 is 9.47 Å². The minimum Gasteiger partial charge on any atom is -0.710 e. The molecule has 0 bridgehead atoms. The number of aromatic hydroxyl groups is 1. The monoisotopic (exact) mass is 365 g/mol. The van der Waals surface area contributed by atoms with E-state index in [1.54, 1.807) is 30.4 Å². The van der Waals surface area contributed by atoms with E-state index in [4.69, 9.17) is 4.74 Å². The highest BCUT2D eigenvalue weighted by Crippen LogP contribution is 2.27. The van der Waals surface area contributed by atoms with Gasteiger partial charge in [0.2, 0.25) is 0 Å². The van der Waals surface area contributed by atoms with Gasteiger partial charge in [-0.15, -0.1) is 0 Å². The van der Waals surface area contributed by atoms with Crippen molar-refractivity contribution in [2.45, 2.75) is 0 Å². The van der Waals surface area contributed by atoms with Gasteiger partial charge in [-0.25, -0.2) is 4.73 Å². The quantitative estimate of drug-likeness (QED) is 0.322. The van der Waals surface area contributed by atoms with Crippen LogP contribution in [-0.4, -0.2) is 22.1 Å². The summed E-state index contributed by atoms with van der Waals surface area (Å²) in [4.78, 5) is 14.4. The maximum Gasteiger partial charge on any atom is 0.333 e. The lowest BCUT2D eigenvalue weighted by Gasteiger charge is -2.09. The SMILES string of the molecule is COc1ccc(/C=C/c2ccnc(-c3cccc([N+](=O)[O-])c3)[n+]2[O-])cc1O. The number of rotatable bonds is 5. The molecule has 1 heterocycles. The topological polar surface area (TPSA) is 112 Å². The van der Waals surface area contributed by atoms with Crippen LogP contribution in [0.3, 0.4) is 0 Å². The molecule has 0 aliphatic rings. The number of hydrogen-bond donors (Lipinski definition) is 1. The van der Waals surface area contributed by atoms with Crippen LogP contribution in [0.25, 0.3) is 23.5 Å². The van der Waals surface area contributed by atoms with E-state index in [0.29, 0.717) is 27.3 Å². The molecule has 0 saturated heterocycles. The van der Waals surface area contributed by atoms with Crippen LogP contribution in [0.2, 0.25) is 0 Å². The number of hydrogen-bond acceptors (Lipinski definition) is 6. The number of non-ortho nitro benzene ring substituents is 1. The van der Waals surface area contributed by atoms with E-state index in [1.807, 2.05) is 0 Å². The van der Waals surface area contributed by atoms with Crippen LogP contribution in [-0.2, 0) is 0 Å². The zero-order valence-corrected chi connectivity index (χ0v) is 14.3. The number of benzene rings is 2. The first-order chi connectivity index (χ1) is 13.0. The van der Waals surface area contributed by atoms with Gasteiger partial charge in [0.1, 0.15) is 11.9 Å². The Bertz CT molecular complexity index is 1030. The zero-order chi connectivity index (χ0) is 19.4. The van der Waals surface area contributed by atoms with Crippen molar-refractivity contribution < 1.29 is 19.5 Å². The second-order valence-corrected chi connectivity index (χ2v) is 5.56. The number of aromatic nitrogens is 2. The van der Waals surface area contributed by atoms with Crippen LogP contribution in [0.1, 0.15) is 11.3 Å². The lowest BCUT2D eigenvalue weighted by atomic mass is 10.1. The van der Waals surface area contributed by atoms with E-state index in [1.165, 1.54) is 43.6 Å². The third kappa shape index (κ3) is 3.84. The van der Waals surface area contributed by atoms with Gasteiger partial charge in [-0.3, -0.25) is 10.1 Å². The van der Waals surface area contributed by atoms with E-state index in [0.717, 1.165) is 0 Å². The first kappa shape index (κ1) is 17.9. The molecule has 3 aromatic rings. The fraction of sp³-hybridized carbons (Fsp3) is 0.0526. The third-order valence-electron chi connectivity index (χ3n) is 3.83. The Morgan fingerprint density at radius 3 is 2.70 bits per heavy atom. The molecule has 3 rings (SSSR count). The molecule has 0 aliphatic heterocycles. The summed E-state index contributed by atoms with van der Waals surface area (Å²) in [5, 5.41) is 33.3. The Kier molecular flexibility index (Phi) is 4.98. The highest BCUT2D eigenvalue weighted by Gasteiger charge is 2.16. The van der Waals surface area contributed by atoms with Crippen molar-refractivity contribution in [3.63, 3.8) is 0 Å². The molecule has 0 radical (unpaired) electrons. The van der Waals surface area contributed by atoms with Crippen molar-refractivity contribution in [3.05, 3.63) is 81.3 Å². The highest BCUT2D eigenvalue weighted by molar-refractivity contribution is 5.69. The van der Waals surface area contributed by atoms with Crippen LogP contribution >= 0.6 is 0 Å². The molecule has 0 amide bonds. The summed E-state index contributed by atoms with van der Waals surface area (Å²) in [6.45, 7) is 0. The summed E-state index contributed by atoms with van der Waals surface area (Å²) in [6, 6.07) is 12.1. The number of ether oxygens (including phenoxy) is 1. The summed E-state index contributed by atoms with van der Waals surface area (Å²) in [6.07, 6.45) is 4.67. The van der Waals surface area contributed by atoms with Gasteiger partial charge in [-0.1, -0.05) is 18.2 Å². The molecule has 0 aliphatic carbocycles. The number of phenolic OH excluding ortho intramolecular Hbond substituents is 1. The second-order valence-electron chi connectivity index (χ2n) is 5.56. The highest BCUT2D eigenvalue weighted by atomic mass is 16.6. The molecule has 0 fully saturated rings. The Morgan fingerprint density at radius 1 is 1.19 bits per heavy atom. The van der Waals surface area contributed by atoms with E-state index < -0.39 is 4.92 Å². The molecule has 8 nitrogen and oxygen atoms in total. The second kappa shape index (κ2) is 7.52. The Balaban J connectivity index is 1.94. The largest absolute Gasteiger partial charge is 0.710 e.